The zero-order valence-corrected chi connectivity index (χ0v) is 14.9. The number of nitrogens with zero attached hydrogens (tertiary/aromatic N) is 2. The first-order chi connectivity index (χ1) is 11.6. The highest BCUT2D eigenvalue weighted by atomic mass is 16.5. The van der Waals surface area contributed by atoms with Crippen LogP contribution in [0.25, 0.3) is 0 Å². The Morgan fingerprint density at radius 3 is 2.71 bits per heavy atom. The van der Waals surface area contributed by atoms with Gasteiger partial charge in [0.2, 0.25) is 12.3 Å². The highest BCUT2D eigenvalue weighted by Crippen LogP contribution is 2.20. The number of hydrogen-bond donors (Lipinski definition) is 0. The third-order valence-electron chi connectivity index (χ3n) is 4.98. The Labute approximate surface area is 144 Å². The number of aryl methyl sites for hydroxylation is 2. The van der Waals surface area contributed by atoms with E-state index in [0.717, 1.165) is 49.4 Å². The predicted molar refractivity (Wildman–Crippen MR) is 93.2 cm³/mol. The fourth-order valence-corrected chi connectivity index (χ4v) is 3.44. The third kappa shape index (κ3) is 3.59. The molecular weight excluding hydrogens is 300 g/mol. The molecule has 0 saturated carbocycles. The van der Waals surface area contributed by atoms with E-state index < -0.39 is 0 Å². The van der Waals surface area contributed by atoms with Crippen molar-refractivity contribution in [2.24, 2.45) is 0 Å². The number of carbonyl (C=O) groups is 1. The van der Waals surface area contributed by atoms with E-state index in [4.69, 9.17) is 4.74 Å². The van der Waals surface area contributed by atoms with Crippen LogP contribution in [0.3, 0.4) is 0 Å². The molecule has 1 saturated heterocycles. The van der Waals surface area contributed by atoms with Gasteiger partial charge in [0.15, 0.2) is 12.4 Å². The lowest BCUT2D eigenvalue weighted by Gasteiger charge is -2.14. The van der Waals surface area contributed by atoms with E-state index in [9.17, 15) is 4.79 Å². The minimum Gasteiger partial charge on any atom is -0.376 e. The second-order valence-electron chi connectivity index (χ2n) is 6.69. The van der Waals surface area contributed by atoms with Crippen molar-refractivity contribution in [2.75, 3.05) is 6.61 Å². The first-order valence-corrected chi connectivity index (χ1v) is 8.88. The van der Waals surface area contributed by atoms with Gasteiger partial charge >= 0.3 is 0 Å². The minimum atomic E-state index is 0.163. The van der Waals surface area contributed by atoms with Gasteiger partial charge in [-0.25, -0.2) is 0 Å². The highest BCUT2D eigenvalue weighted by molar-refractivity contribution is 5.96. The van der Waals surface area contributed by atoms with E-state index in [-0.39, 0.29) is 11.9 Å². The average molecular weight is 327 g/mol. The molecule has 0 aliphatic carbocycles. The molecule has 1 atom stereocenters. The number of pyridine rings is 1. The summed E-state index contributed by atoms with van der Waals surface area (Å²) in [5.41, 5.74) is 4.31. The lowest BCUT2D eigenvalue weighted by atomic mass is 10.1. The number of ether oxygens (including phenoxy) is 1. The fraction of sp³-hybridized carbons (Fsp3) is 0.500. The Balaban J connectivity index is 1.74. The summed E-state index contributed by atoms with van der Waals surface area (Å²) in [6, 6.07) is 6.18. The Morgan fingerprint density at radius 2 is 2.08 bits per heavy atom. The van der Waals surface area contributed by atoms with Gasteiger partial charge in [0.25, 0.3) is 0 Å². The molecule has 0 unspecified atom stereocenters. The summed E-state index contributed by atoms with van der Waals surface area (Å²) in [4.78, 5) is 12.7. The van der Waals surface area contributed by atoms with Crippen LogP contribution in [0, 0.1) is 13.8 Å². The SMILES string of the molecule is CCc1cc[n+](CC(=O)c2cc(C)n(C[C@H]3CCCO3)c2C)cc1. The summed E-state index contributed by atoms with van der Waals surface area (Å²) in [5.74, 6) is 0.163. The zero-order chi connectivity index (χ0) is 17.1. The van der Waals surface area contributed by atoms with Crippen LogP contribution in [0.4, 0.5) is 0 Å². The summed E-state index contributed by atoms with van der Waals surface area (Å²) >= 11 is 0. The molecule has 0 aromatic carbocycles. The number of Topliss-reactive ketones (excluding diaryl/α,β-unsaturated/α-hetero) is 1. The van der Waals surface area contributed by atoms with Crippen molar-refractivity contribution in [1.82, 2.24) is 4.57 Å². The largest absolute Gasteiger partial charge is 0.376 e. The molecule has 0 amide bonds. The van der Waals surface area contributed by atoms with Crippen LogP contribution in [0.1, 0.15) is 47.1 Å². The molecule has 2 aromatic rings. The first kappa shape index (κ1) is 16.9. The zero-order valence-electron chi connectivity index (χ0n) is 14.9. The highest BCUT2D eigenvalue weighted by Gasteiger charge is 2.22. The maximum Gasteiger partial charge on any atom is 0.229 e. The van der Waals surface area contributed by atoms with Crippen LogP contribution < -0.4 is 4.57 Å². The van der Waals surface area contributed by atoms with Crippen LogP contribution in [0.5, 0.6) is 0 Å². The smallest absolute Gasteiger partial charge is 0.229 e. The third-order valence-corrected chi connectivity index (χ3v) is 4.98. The number of carbonyl (C=O) groups excluding carboxylic acids is 1. The van der Waals surface area contributed by atoms with Crippen molar-refractivity contribution in [3.63, 3.8) is 0 Å². The average Bonchev–Trinajstić information content (AvgIpc) is 3.19. The van der Waals surface area contributed by atoms with Gasteiger partial charge in [-0.1, -0.05) is 6.92 Å². The molecule has 1 fully saturated rings. The van der Waals surface area contributed by atoms with Crippen LogP contribution in [-0.4, -0.2) is 23.1 Å². The summed E-state index contributed by atoms with van der Waals surface area (Å²) in [5, 5.41) is 0. The van der Waals surface area contributed by atoms with E-state index in [1.165, 1.54) is 5.56 Å². The van der Waals surface area contributed by atoms with Crippen molar-refractivity contribution in [2.45, 2.75) is 59.2 Å². The van der Waals surface area contributed by atoms with Crippen molar-refractivity contribution < 1.29 is 14.1 Å². The van der Waals surface area contributed by atoms with Crippen LogP contribution in [-0.2, 0) is 24.2 Å². The summed E-state index contributed by atoms with van der Waals surface area (Å²) in [6.45, 7) is 8.34. The van der Waals surface area contributed by atoms with Gasteiger partial charge < -0.3 is 9.30 Å². The number of aromatic nitrogens is 2. The van der Waals surface area contributed by atoms with E-state index >= 15 is 0 Å². The quantitative estimate of drug-likeness (QED) is 0.604. The van der Waals surface area contributed by atoms with Gasteiger partial charge in [-0.3, -0.25) is 4.79 Å². The standard InChI is InChI=1S/C20H27N2O2/c1-4-17-7-9-21(10-8-17)14-20(23)19-12-15(2)22(16(19)3)13-18-6-5-11-24-18/h7-10,12,18H,4-6,11,13-14H2,1-3H3/q+1/t18-/m1/s1. The number of hydrogen-bond acceptors (Lipinski definition) is 2. The summed E-state index contributed by atoms with van der Waals surface area (Å²) in [6.07, 6.45) is 7.53. The normalized spacial score (nSPS) is 17.4. The second kappa shape index (κ2) is 7.31. The second-order valence-corrected chi connectivity index (χ2v) is 6.69. The molecule has 4 heteroatoms. The Morgan fingerprint density at radius 1 is 1.33 bits per heavy atom. The van der Waals surface area contributed by atoms with Crippen molar-refractivity contribution >= 4 is 5.78 Å². The van der Waals surface area contributed by atoms with Crippen LogP contribution in [0.15, 0.2) is 30.6 Å². The fourth-order valence-electron chi connectivity index (χ4n) is 3.44. The minimum absolute atomic E-state index is 0.163. The molecule has 3 heterocycles. The van der Waals surface area contributed by atoms with Gasteiger partial charge in [0, 0.05) is 42.2 Å². The van der Waals surface area contributed by atoms with Crippen molar-refractivity contribution in [1.29, 1.82) is 0 Å². The predicted octanol–water partition coefficient (Wildman–Crippen LogP) is 3.02. The van der Waals surface area contributed by atoms with Crippen LogP contribution in [0.2, 0.25) is 0 Å². The molecular formula is C20H27N2O2+. The maximum atomic E-state index is 12.7. The lowest BCUT2D eigenvalue weighted by molar-refractivity contribution is -0.683. The van der Waals surface area contributed by atoms with Gasteiger partial charge in [-0.05, 0) is 44.7 Å². The van der Waals surface area contributed by atoms with Crippen LogP contribution >= 0.6 is 0 Å². The molecule has 24 heavy (non-hydrogen) atoms. The molecule has 0 radical (unpaired) electrons. The van der Waals surface area contributed by atoms with E-state index in [0.29, 0.717) is 6.54 Å². The Bertz CT molecular complexity index is 710. The molecule has 2 aromatic heterocycles. The lowest BCUT2D eigenvalue weighted by Crippen LogP contribution is -2.37. The molecule has 1 aliphatic rings. The molecule has 1 aliphatic heterocycles. The molecule has 0 spiro atoms. The number of rotatable bonds is 6. The van der Waals surface area contributed by atoms with Gasteiger partial charge in [-0.15, -0.1) is 0 Å². The Kier molecular flexibility index (Phi) is 5.14. The van der Waals surface area contributed by atoms with E-state index in [2.05, 4.69) is 30.5 Å². The topological polar surface area (TPSA) is 35.1 Å². The summed E-state index contributed by atoms with van der Waals surface area (Å²) < 4.78 is 9.93. The van der Waals surface area contributed by atoms with E-state index in [1.54, 1.807) is 0 Å². The summed E-state index contributed by atoms with van der Waals surface area (Å²) in [7, 11) is 0. The maximum absolute atomic E-state index is 12.7. The van der Waals surface area contributed by atoms with Gasteiger partial charge in [0.05, 0.1) is 6.10 Å². The van der Waals surface area contributed by atoms with Crippen molar-refractivity contribution in [3.8, 4) is 0 Å². The van der Waals surface area contributed by atoms with Gasteiger partial charge in [0.1, 0.15) is 0 Å². The van der Waals surface area contributed by atoms with E-state index in [1.807, 2.05) is 30.0 Å². The molecule has 3 rings (SSSR count). The van der Waals surface area contributed by atoms with Gasteiger partial charge in [-0.2, -0.15) is 4.57 Å². The molecule has 0 bridgehead atoms. The molecule has 128 valence electrons. The van der Waals surface area contributed by atoms with Crippen molar-refractivity contribution in [3.05, 3.63) is 53.1 Å². The molecule has 0 N–H and O–H groups in total. The Hall–Kier alpha value is -1.94. The molecule has 4 nitrogen and oxygen atoms in total. The monoisotopic (exact) mass is 327 g/mol. The first-order valence-electron chi connectivity index (χ1n) is 8.88. The number of ketones is 1.